The Morgan fingerprint density at radius 1 is 1.08 bits per heavy atom. The van der Waals surface area contributed by atoms with Gasteiger partial charge in [0.25, 0.3) is 5.91 Å². The number of benzene rings is 2. The molecule has 0 heterocycles. The van der Waals surface area contributed by atoms with Crippen LogP contribution in [-0.4, -0.2) is 26.7 Å². The Morgan fingerprint density at radius 3 is 2.44 bits per heavy atom. The molecule has 0 bridgehead atoms. The van der Waals surface area contributed by atoms with Gasteiger partial charge in [0.05, 0.1) is 14.2 Å². The smallest absolute Gasteiger partial charge is 0.251 e. The van der Waals surface area contributed by atoms with E-state index >= 15 is 0 Å². The van der Waals surface area contributed by atoms with Crippen molar-refractivity contribution in [2.75, 3.05) is 20.8 Å². The van der Waals surface area contributed by atoms with Crippen molar-refractivity contribution in [1.29, 1.82) is 0 Å². The number of hydrogen-bond acceptors (Lipinski definition) is 3. The van der Waals surface area contributed by atoms with E-state index in [-0.39, 0.29) is 5.91 Å². The van der Waals surface area contributed by atoms with Crippen molar-refractivity contribution in [3.8, 4) is 11.5 Å². The minimum atomic E-state index is 0.00298. The number of aryl methyl sites for hydroxylation is 1. The first-order valence-corrected chi connectivity index (χ1v) is 8.78. The zero-order valence-electron chi connectivity index (χ0n) is 14.9. The maximum absolute atomic E-state index is 12.1. The molecule has 0 radical (unpaired) electrons. The second-order valence-corrected chi connectivity index (χ2v) is 6.50. The monoisotopic (exact) mass is 339 g/mol. The van der Waals surface area contributed by atoms with Crippen molar-refractivity contribution in [3.05, 3.63) is 59.2 Å². The lowest BCUT2D eigenvalue weighted by atomic mass is 9.82. The summed E-state index contributed by atoms with van der Waals surface area (Å²) in [5.74, 6) is 2.18. The molecule has 4 heteroatoms. The number of carbonyl (C=O) groups is 1. The molecule has 0 saturated heterocycles. The van der Waals surface area contributed by atoms with Crippen LogP contribution in [0.15, 0.2) is 42.5 Å². The van der Waals surface area contributed by atoms with Gasteiger partial charge in [-0.3, -0.25) is 4.79 Å². The number of rotatable bonds is 6. The van der Waals surface area contributed by atoms with Gasteiger partial charge in [-0.2, -0.15) is 0 Å². The van der Waals surface area contributed by atoms with Gasteiger partial charge in [-0.1, -0.05) is 18.2 Å². The van der Waals surface area contributed by atoms with E-state index in [1.807, 2.05) is 30.3 Å². The highest BCUT2D eigenvalue weighted by Gasteiger charge is 2.21. The maximum atomic E-state index is 12.1. The third kappa shape index (κ3) is 4.13. The first-order chi connectivity index (χ1) is 12.2. The molecule has 2 aromatic rings. The van der Waals surface area contributed by atoms with Crippen molar-refractivity contribution >= 4 is 5.91 Å². The molecular formula is C21H25NO3. The zero-order valence-corrected chi connectivity index (χ0v) is 14.9. The summed E-state index contributed by atoms with van der Waals surface area (Å²) in [5, 5.41) is 3.03. The van der Waals surface area contributed by atoms with Gasteiger partial charge in [-0.05, 0) is 67.0 Å². The third-order valence-electron chi connectivity index (χ3n) is 4.91. The molecule has 2 aromatic carbocycles. The fourth-order valence-electron chi connectivity index (χ4n) is 3.49. The lowest BCUT2D eigenvalue weighted by Crippen LogP contribution is -2.27. The highest BCUT2D eigenvalue weighted by Crippen LogP contribution is 2.36. The van der Waals surface area contributed by atoms with E-state index in [0.29, 0.717) is 18.0 Å². The van der Waals surface area contributed by atoms with E-state index in [1.165, 1.54) is 11.1 Å². The Balaban J connectivity index is 1.55. The number of nitrogens with one attached hydrogen (secondary N) is 1. The molecule has 3 rings (SSSR count). The molecule has 0 saturated carbocycles. The van der Waals surface area contributed by atoms with Gasteiger partial charge in [-0.25, -0.2) is 0 Å². The van der Waals surface area contributed by atoms with Crippen LogP contribution in [0.3, 0.4) is 0 Å². The molecule has 1 aliphatic rings. The van der Waals surface area contributed by atoms with Crippen LogP contribution in [0.5, 0.6) is 11.5 Å². The summed E-state index contributed by atoms with van der Waals surface area (Å²) in [6.45, 7) is 0.709. The van der Waals surface area contributed by atoms with Gasteiger partial charge in [0.15, 0.2) is 11.5 Å². The molecule has 0 fully saturated rings. The fraction of sp³-hybridized carbons (Fsp3) is 0.381. The van der Waals surface area contributed by atoms with Gasteiger partial charge < -0.3 is 14.8 Å². The van der Waals surface area contributed by atoms with Crippen LogP contribution in [0.25, 0.3) is 0 Å². The lowest BCUT2D eigenvalue weighted by Gasteiger charge is -2.26. The largest absolute Gasteiger partial charge is 0.493 e. The summed E-state index contributed by atoms with van der Waals surface area (Å²) < 4.78 is 10.8. The highest BCUT2D eigenvalue weighted by molar-refractivity contribution is 5.94. The van der Waals surface area contributed by atoms with Crippen molar-refractivity contribution in [2.45, 2.75) is 25.7 Å². The molecule has 1 amide bonds. The Bertz CT molecular complexity index is 727. The number of methoxy groups -OCH3 is 2. The molecule has 4 nitrogen and oxygen atoms in total. The van der Waals surface area contributed by atoms with E-state index in [0.717, 1.165) is 37.2 Å². The molecule has 0 spiro atoms. The lowest BCUT2D eigenvalue weighted by molar-refractivity contribution is 0.0951. The minimum Gasteiger partial charge on any atom is -0.493 e. The van der Waals surface area contributed by atoms with E-state index < -0.39 is 0 Å². The van der Waals surface area contributed by atoms with E-state index in [2.05, 4.69) is 17.4 Å². The van der Waals surface area contributed by atoms with Gasteiger partial charge in [0.1, 0.15) is 0 Å². The van der Waals surface area contributed by atoms with Crippen LogP contribution >= 0.6 is 0 Å². The first-order valence-electron chi connectivity index (χ1n) is 8.78. The highest BCUT2D eigenvalue weighted by atomic mass is 16.5. The van der Waals surface area contributed by atoms with Crippen LogP contribution in [-0.2, 0) is 12.8 Å². The third-order valence-corrected chi connectivity index (χ3v) is 4.91. The fourth-order valence-corrected chi connectivity index (χ4v) is 3.49. The quantitative estimate of drug-likeness (QED) is 0.874. The van der Waals surface area contributed by atoms with E-state index in [1.54, 1.807) is 14.2 Å². The molecule has 25 heavy (non-hydrogen) atoms. The summed E-state index contributed by atoms with van der Waals surface area (Å²) in [5.41, 5.74) is 3.40. The Labute approximate surface area is 149 Å². The average molecular weight is 339 g/mol. The minimum absolute atomic E-state index is 0.00298. The molecule has 1 N–H and O–H groups in total. The van der Waals surface area contributed by atoms with Crippen molar-refractivity contribution in [3.63, 3.8) is 0 Å². The summed E-state index contributed by atoms with van der Waals surface area (Å²) >= 11 is 0. The topological polar surface area (TPSA) is 47.6 Å². The number of ether oxygens (including phenoxy) is 2. The van der Waals surface area contributed by atoms with Crippen molar-refractivity contribution < 1.29 is 14.3 Å². The molecule has 0 aromatic heterocycles. The van der Waals surface area contributed by atoms with Crippen LogP contribution in [0.2, 0.25) is 0 Å². The normalized spacial score (nSPS) is 16.0. The molecule has 1 unspecified atom stereocenters. The second kappa shape index (κ2) is 8.06. The molecule has 1 aliphatic carbocycles. The summed E-state index contributed by atoms with van der Waals surface area (Å²) in [7, 11) is 3.34. The van der Waals surface area contributed by atoms with Crippen LogP contribution < -0.4 is 14.8 Å². The molecule has 1 atom stereocenters. The van der Waals surface area contributed by atoms with Crippen LogP contribution in [0.4, 0.5) is 0 Å². The van der Waals surface area contributed by atoms with E-state index in [4.69, 9.17) is 9.47 Å². The Morgan fingerprint density at radius 2 is 1.76 bits per heavy atom. The summed E-state index contributed by atoms with van der Waals surface area (Å²) in [6.07, 6.45) is 4.21. The van der Waals surface area contributed by atoms with Crippen LogP contribution in [0, 0.1) is 5.92 Å². The number of hydrogen-bond donors (Lipinski definition) is 1. The first kappa shape index (κ1) is 17.3. The Kier molecular flexibility index (Phi) is 5.59. The maximum Gasteiger partial charge on any atom is 0.251 e. The summed E-state index contributed by atoms with van der Waals surface area (Å²) in [6, 6.07) is 13.6. The van der Waals surface area contributed by atoms with Gasteiger partial charge in [0.2, 0.25) is 0 Å². The van der Waals surface area contributed by atoms with Gasteiger partial charge in [0, 0.05) is 12.1 Å². The predicted octanol–water partition coefficient (Wildman–Crippen LogP) is 3.63. The SMILES string of the molecule is COc1cc2c(cc1OC)CC(CCNC(=O)c1ccccc1)CC2. The Hall–Kier alpha value is -2.49. The standard InChI is InChI=1S/C21H25NO3/c1-24-19-13-17-9-8-15(12-18(17)14-20(19)25-2)10-11-22-21(23)16-6-4-3-5-7-16/h3-7,13-15H,8-12H2,1-2H3,(H,22,23). The predicted molar refractivity (Wildman–Crippen MR) is 98.5 cm³/mol. The molecular weight excluding hydrogens is 314 g/mol. The number of fused-ring (bicyclic) bond motifs is 1. The number of carbonyl (C=O) groups excluding carboxylic acids is 1. The van der Waals surface area contributed by atoms with E-state index in [9.17, 15) is 4.79 Å². The second-order valence-electron chi connectivity index (χ2n) is 6.50. The van der Waals surface area contributed by atoms with Crippen LogP contribution in [0.1, 0.15) is 34.3 Å². The van der Waals surface area contributed by atoms with Crippen molar-refractivity contribution in [2.24, 2.45) is 5.92 Å². The zero-order chi connectivity index (χ0) is 17.6. The van der Waals surface area contributed by atoms with Crippen molar-refractivity contribution in [1.82, 2.24) is 5.32 Å². The average Bonchev–Trinajstić information content (AvgIpc) is 2.67. The molecule has 0 aliphatic heterocycles. The summed E-state index contributed by atoms with van der Waals surface area (Å²) in [4.78, 5) is 12.1. The number of amides is 1. The molecule has 132 valence electrons. The van der Waals surface area contributed by atoms with Gasteiger partial charge in [-0.15, -0.1) is 0 Å². The van der Waals surface area contributed by atoms with Gasteiger partial charge >= 0.3 is 0 Å².